The molecule has 1 aromatic rings. The van der Waals surface area contributed by atoms with Gasteiger partial charge in [0.05, 0.1) is 23.7 Å². The molecule has 0 spiro atoms. The number of alkyl halides is 1. The summed E-state index contributed by atoms with van der Waals surface area (Å²) in [5.74, 6) is 0.538. The average molecular weight is 274 g/mol. The van der Waals surface area contributed by atoms with Crippen molar-refractivity contribution < 1.29 is 4.79 Å². The van der Waals surface area contributed by atoms with Gasteiger partial charge in [0.15, 0.2) is 0 Å². The first-order valence-electron chi connectivity index (χ1n) is 5.67. The second-order valence-corrected chi connectivity index (χ2v) is 5.35. The van der Waals surface area contributed by atoms with Crippen LogP contribution in [0, 0.1) is 0 Å². The molecule has 1 fully saturated rings. The molecule has 1 aromatic heterocycles. The fourth-order valence-electron chi connectivity index (χ4n) is 2.05. The fraction of sp³-hybridized carbons (Fsp3) is 0.636. The zero-order valence-corrected chi connectivity index (χ0v) is 11.5. The van der Waals surface area contributed by atoms with Crippen molar-refractivity contribution in [2.75, 3.05) is 13.1 Å². The first-order chi connectivity index (χ1) is 8.13. The molecule has 0 saturated carbocycles. The lowest BCUT2D eigenvalue weighted by Crippen LogP contribution is -2.54. The summed E-state index contributed by atoms with van der Waals surface area (Å²) in [6, 6.07) is 0.0696. The molecule has 1 amide bonds. The Morgan fingerprint density at radius 1 is 1.76 bits per heavy atom. The summed E-state index contributed by atoms with van der Waals surface area (Å²) < 4.78 is 0. The molecular weight excluding hydrogens is 258 g/mol. The molecule has 1 N–H and O–H groups in total. The lowest BCUT2D eigenvalue weighted by atomic mass is 10.1. The Balaban J connectivity index is 2.13. The number of rotatable bonds is 3. The topological polar surface area (TPSA) is 45.2 Å². The van der Waals surface area contributed by atoms with E-state index in [1.165, 1.54) is 0 Å². The predicted octanol–water partition coefficient (Wildman–Crippen LogP) is 1.76. The van der Waals surface area contributed by atoms with E-state index in [4.69, 9.17) is 11.6 Å². The van der Waals surface area contributed by atoms with Gasteiger partial charge in [-0.05, 0) is 13.8 Å². The van der Waals surface area contributed by atoms with E-state index in [1.807, 2.05) is 12.3 Å². The van der Waals surface area contributed by atoms with E-state index in [0.29, 0.717) is 12.4 Å². The Morgan fingerprint density at radius 3 is 3.18 bits per heavy atom. The lowest BCUT2D eigenvalue weighted by Gasteiger charge is -2.36. The number of piperazine rings is 1. The van der Waals surface area contributed by atoms with E-state index in [9.17, 15) is 4.79 Å². The summed E-state index contributed by atoms with van der Waals surface area (Å²) in [7, 11) is 0. The van der Waals surface area contributed by atoms with E-state index in [1.54, 1.807) is 11.3 Å². The van der Waals surface area contributed by atoms with Crippen molar-refractivity contribution >= 4 is 28.8 Å². The van der Waals surface area contributed by atoms with Gasteiger partial charge in [0.1, 0.15) is 5.01 Å². The van der Waals surface area contributed by atoms with Crippen molar-refractivity contribution in [2.24, 2.45) is 0 Å². The van der Waals surface area contributed by atoms with E-state index in [2.05, 4.69) is 22.1 Å². The summed E-state index contributed by atoms with van der Waals surface area (Å²) in [5, 5.41) is 5.88. The molecule has 1 aliphatic heterocycles. The Bertz CT molecular complexity index is 409. The van der Waals surface area contributed by atoms with Gasteiger partial charge in [-0.1, -0.05) is 0 Å². The zero-order valence-electron chi connectivity index (χ0n) is 9.94. The van der Waals surface area contributed by atoms with Crippen LogP contribution in [0.5, 0.6) is 0 Å². The monoisotopic (exact) mass is 273 g/mol. The molecule has 17 heavy (non-hydrogen) atoms. The minimum absolute atomic E-state index is 0.0947. The van der Waals surface area contributed by atoms with Gasteiger partial charge in [-0.3, -0.25) is 9.69 Å². The number of amides is 1. The van der Waals surface area contributed by atoms with Gasteiger partial charge in [0, 0.05) is 18.5 Å². The third-order valence-corrected chi connectivity index (χ3v) is 4.45. The van der Waals surface area contributed by atoms with Gasteiger partial charge < -0.3 is 5.32 Å². The van der Waals surface area contributed by atoms with Crippen LogP contribution in [0.1, 0.15) is 30.6 Å². The minimum atomic E-state index is -0.0953. The summed E-state index contributed by atoms with van der Waals surface area (Å²) in [6.45, 7) is 5.60. The van der Waals surface area contributed by atoms with Crippen molar-refractivity contribution in [1.82, 2.24) is 15.2 Å². The van der Waals surface area contributed by atoms with E-state index < -0.39 is 0 Å². The largest absolute Gasteiger partial charge is 0.353 e. The maximum Gasteiger partial charge on any atom is 0.237 e. The normalized spacial score (nSPS) is 23.5. The Kier molecular flexibility index (Phi) is 4.01. The van der Waals surface area contributed by atoms with E-state index >= 15 is 0 Å². The lowest BCUT2D eigenvalue weighted by molar-refractivity contribution is -0.129. The zero-order chi connectivity index (χ0) is 12.4. The molecule has 0 aromatic carbocycles. The van der Waals surface area contributed by atoms with Crippen LogP contribution in [0.4, 0.5) is 0 Å². The van der Waals surface area contributed by atoms with Gasteiger partial charge in [0.2, 0.25) is 5.91 Å². The van der Waals surface area contributed by atoms with E-state index in [0.717, 1.165) is 17.2 Å². The predicted molar refractivity (Wildman–Crippen MR) is 69.3 cm³/mol. The number of thiazole rings is 1. The van der Waals surface area contributed by atoms with Crippen LogP contribution in [0.25, 0.3) is 0 Å². The molecule has 94 valence electrons. The first kappa shape index (κ1) is 12.8. The smallest absolute Gasteiger partial charge is 0.237 e. The van der Waals surface area contributed by atoms with Gasteiger partial charge in [0.25, 0.3) is 0 Å². The van der Waals surface area contributed by atoms with Crippen LogP contribution in [0.3, 0.4) is 0 Å². The van der Waals surface area contributed by atoms with Gasteiger partial charge in [-0.25, -0.2) is 4.98 Å². The van der Waals surface area contributed by atoms with Crippen LogP contribution in [0.15, 0.2) is 5.38 Å². The number of aromatic nitrogens is 1. The number of hydrogen-bond acceptors (Lipinski definition) is 4. The Hall–Kier alpha value is -0.650. The van der Waals surface area contributed by atoms with Crippen molar-refractivity contribution in [3.05, 3.63) is 16.1 Å². The molecular formula is C11H16ClN3OS. The standard InChI is InChI=1S/C11H16ClN3OS/c1-7-10(16)13-3-4-15(7)8(2)11-14-9(5-12)6-17-11/h6-8H,3-5H2,1-2H3,(H,13,16). The van der Waals surface area contributed by atoms with E-state index in [-0.39, 0.29) is 18.0 Å². The summed E-state index contributed by atoms with van der Waals surface area (Å²) in [4.78, 5) is 18.3. The highest BCUT2D eigenvalue weighted by Gasteiger charge is 2.30. The number of carbonyl (C=O) groups excluding carboxylic acids is 1. The second kappa shape index (κ2) is 5.33. The quantitative estimate of drug-likeness (QED) is 0.854. The number of nitrogens with zero attached hydrogens (tertiary/aromatic N) is 2. The molecule has 2 unspecified atom stereocenters. The van der Waals surface area contributed by atoms with Crippen molar-refractivity contribution in [3.63, 3.8) is 0 Å². The molecule has 0 bridgehead atoms. The van der Waals surface area contributed by atoms with Crippen LogP contribution in [-0.4, -0.2) is 34.9 Å². The SMILES string of the molecule is CC1C(=O)NCCN1C(C)c1nc(CCl)cs1. The third-order valence-electron chi connectivity index (χ3n) is 3.11. The first-order valence-corrected chi connectivity index (χ1v) is 7.08. The van der Waals surface area contributed by atoms with Crippen LogP contribution in [0.2, 0.25) is 0 Å². The third kappa shape index (κ3) is 2.61. The highest BCUT2D eigenvalue weighted by atomic mass is 35.5. The van der Waals surface area contributed by atoms with Gasteiger partial charge >= 0.3 is 0 Å². The fourth-order valence-corrected chi connectivity index (χ4v) is 3.17. The molecule has 4 nitrogen and oxygen atoms in total. The number of nitrogens with one attached hydrogen (secondary N) is 1. The number of hydrogen-bond donors (Lipinski definition) is 1. The maximum absolute atomic E-state index is 11.6. The van der Waals surface area contributed by atoms with Crippen molar-refractivity contribution in [2.45, 2.75) is 31.8 Å². The maximum atomic E-state index is 11.6. The van der Waals surface area contributed by atoms with Crippen molar-refractivity contribution in [1.29, 1.82) is 0 Å². The summed E-state index contributed by atoms with van der Waals surface area (Å²) in [6.07, 6.45) is 0. The van der Waals surface area contributed by atoms with Gasteiger partial charge in [-0.15, -0.1) is 22.9 Å². The molecule has 0 radical (unpaired) electrons. The van der Waals surface area contributed by atoms with Gasteiger partial charge in [-0.2, -0.15) is 0 Å². The molecule has 1 saturated heterocycles. The number of carbonyl (C=O) groups is 1. The highest BCUT2D eigenvalue weighted by molar-refractivity contribution is 7.09. The van der Waals surface area contributed by atoms with Crippen LogP contribution >= 0.6 is 22.9 Å². The molecule has 2 heterocycles. The average Bonchev–Trinajstić information content (AvgIpc) is 2.80. The Labute approximate surface area is 110 Å². The molecule has 2 rings (SSSR count). The Morgan fingerprint density at radius 2 is 2.53 bits per heavy atom. The highest BCUT2D eigenvalue weighted by Crippen LogP contribution is 2.26. The van der Waals surface area contributed by atoms with Crippen LogP contribution in [-0.2, 0) is 10.7 Å². The summed E-state index contributed by atoms with van der Waals surface area (Å²) in [5.41, 5.74) is 0.910. The van der Waals surface area contributed by atoms with Crippen LogP contribution < -0.4 is 5.32 Å². The number of halogens is 1. The second-order valence-electron chi connectivity index (χ2n) is 4.19. The molecule has 1 aliphatic rings. The molecule has 2 atom stereocenters. The molecule has 6 heteroatoms. The van der Waals surface area contributed by atoms with Crippen molar-refractivity contribution in [3.8, 4) is 0 Å². The minimum Gasteiger partial charge on any atom is -0.353 e. The molecule has 0 aliphatic carbocycles. The summed E-state index contributed by atoms with van der Waals surface area (Å²) >= 11 is 7.36.